The molecule has 1 amide bonds. The maximum absolute atomic E-state index is 13.1. The summed E-state index contributed by atoms with van der Waals surface area (Å²) in [5.74, 6) is 2.27. The van der Waals surface area contributed by atoms with Crippen LogP contribution in [0, 0.1) is 0 Å². The van der Waals surface area contributed by atoms with E-state index in [1.807, 2.05) is 42.2 Å². The van der Waals surface area contributed by atoms with Gasteiger partial charge in [-0.25, -0.2) is 4.98 Å². The van der Waals surface area contributed by atoms with E-state index >= 15 is 0 Å². The second kappa shape index (κ2) is 6.27. The number of hydrogen-bond acceptors (Lipinski definition) is 5. The number of nitrogens with zero attached hydrogens (tertiary/aromatic N) is 3. The van der Waals surface area contributed by atoms with Crippen molar-refractivity contribution in [3.63, 3.8) is 0 Å². The van der Waals surface area contributed by atoms with Gasteiger partial charge in [-0.1, -0.05) is 0 Å². The summed E-state index contributed by atoms with van der Waals surface area (Å²) < 4.78 is 10.7. The molecule has 1 aromatic carbocycles. The maximum Gasteiger partial charge on any atom is 0.254 e. The van der Waals surface area contributed by atoms with Gasteiger partial charge in [-0.3, -0.25) is 4.79 Å². The highest BCUT2D eigenvalue weighted by molar-refractivity contribution is 5.95. The fraction of sp³-hybridized carbons (Fsp3) is 0.368. The number of fused-ring (bicyclic) bond motifs is 1. The number of carbonyl (C=O) groups excluding carboxylic acids is 1. The molecular formula is C19H21N3O3. The summed E-state index contributed by atoms with van der Waals surface area (Å²) >= 11 is 0. The average molecular weight is 339 g/mol. The Morgan fingerprint density at radius 3 is 2.88 bits per heavy atom. The Labute approximate surface area is 147 Å². The number of ether oxygens (including phenoxy) is 2. The van der Waals surface area contributed by atoms with Gasteiger partial charge in [-0.15, -0.1) is 0 Å². The number of aromatic nitrogens is 1. The summed E-state index contributed by atoms with van der Waals surface area (Å²) in [5, 5.41) is 0. The molecule has 0 unspecified atom stereocenters. The third-order valence-corrected chi connectivity index (χ3v) is 4.75. The van der Waals surface area contributed by atoms with Crippen molar-refractivity contribution in [2.45, 2.75) is 18.9 Å². The number of likely N-dealkylation sites (tertiary alicyclic amines) is 1. The first-order valence-corrected chi connectivity index (χ1v) is 8.47. The molecule has 0 saturated carbocycles. The Hall–Kier alpha value is -2.76. The monoisotopic (exact) mass is 339 g/mol. The zero-order chi connectivity index (χ0) is 17.4. The van der Waals surface area contributed by atoms with Gasteiger partial charge in [-0.2, -0.15) is 0 Å². The van der Waals surface area contributed by atoms with Crippen LogP contribution in [0.25, 0.3) is 0 Å². The van der Waals surface area contributed by atoms with Crippen LogP contribution in [-0.2, 0) is 0 Å². The summed E-state index contributed by atoms with van der Waals surface area (Å²) in [6.45, 7) is 0.973. The molecule has 2 aliphatic heterocycles. The summed E-state index contributed by atoms with van der Waals surface area (Å²) in [7, 11) is 3.94. The van der Waals surface area contributed by atoms with E-state index in [0.29, 0.717) is 17.1 Å². The number of benzene rings is 1. The van der Waals surface area contributed by atoms with Gasteiger partial charge in [0.1, 0.15) is 5.82 Å². The number of rotatable bonds is 3. The van der Waals surface area contributed by atoms with Crippen LogP contribution in [-0.4, -0.2) is 43.2 Å². The Kier molecular flexibility index (Phi) is 3.95. The minimum Gasteiger partial charge on any atom is -0.454 e. The van der Waals surface area contributed by atoms with Crippen molar-refractivity contribution < 1.29 is 14.3 Å². The van der Waals surface area contributed by atoms with Gasteiger partial charge in [0, 0.05) is 32.4 Å². The molecule has 1 fully saturated rings. The number of carbonyl (C=O) groups is 1. The Morgan fingerprint density at radius 2 is 2.04 bits per heavy atom. The van der Waals surface area contributed by atoms with Crippen molar-refractivity contribution in [3.8, 4) is 11.5 Å². The highest BCUT2D eigenvalue weighted by Gasteiger charge is 2.31. The van der Waals surface area contributed by atoms with Gasteiger partial charge in [0.05, 0.1) is 6.04 Å². The van der Waals surface area contributed by atoms with Gasteiger partial charge in [0.15, 0.2) is 11.5 Å². The zero-order valence-corrected chi connectivity index (χ0v) is 14.4. The number of hydrogen-bond donors (Lipinski definition) is 0. The molecule has 1 saturated heterocycles. The molecule has 3 heterocycles. The fourth-order valence-electron chi connectivity index (χ4n) is 3.44. The minimum absolute atomic E-state index is 0.0315. The Morgan fingerprint density at radius 1 is 1.20 bits per heavy atom. The lowest BCUT2D eigenvalue weighted by Crippen LogP contribution is -2.30. The lowest BCUT2D eigenvalue weighted by molar-refractivity contribution is 0.0735. The number of pyridine rings is 1. The minimum atomic E-state index is 0.0315. The van der Waals surface area contributed by atoms with Crippen molar-refractivity contribution >= 4 is 11.7 Å². The molecule has 0 radical (unpaired) electrons. The molecule has 2 aromatic rings. The van der Waals surface area contributed by atoms with Crippen molar-refractivity contribution in [1.29, 1.82) is 0 Å². The van der Waals surface area contributed by atoms with Gasteiger partial charge >= 0.3 is 0 Å². The topological polar surface area (TPSA) is 54.9 Å². The molecule has 0 spiro atoms. The van der Waals surface area contributed by atoms with E-state index in [1.165, 1.54) is 0 Å². The third kappa shape index (κ3) is 2.88. The first kappa shape index (κ1) is 15.7. The average Bonchev–Trinajstić information content (AvgIpc) is 3.29. The second-order valence-electron chi connectivity index (χ2n) is 6.57. The lowest BCUT2D eigenvalue weighted by Gasteiger charge is -2.26. The van der Waals surface area contributed by atoms with E-state index in [1.54, 1.807) is 12.1 Å². The standard InChI is InChI=1S/C19H21N3O3/c1-21(2)18-11-13(7-8-20-18)15-4-3-9-22(15)19(23)14-5-6-16-17(10-14)25-12-24-16/h5-8,10-11,15H,3-4,9,12H2,1-2H3/t15-/m0/s1. The summed E-state index contributed by atoms with van der Waals surface area (Å²) in [6, 6.07) is 9.54. The largest absolute Gasteiger partial charge is 0.454 e. The predicted molar refractivity (Wildman–Crippen MR) is 94.1 cm³/mol. The molecule has 6 heteroatoms. The highest BCUT2D eigenvalue weighted by Crippen LogP contribution is 2.36. The smallest absolute Gasteiger partial charge is 0.254 e. The molecule has 0 N–H and O–H groups in total. The van der Waals surface area contributed by atoms with Crippen molar-refractivity contribution in [2.75, 3.05) is 32.3 Å². The van der Waals surface area contributed by atoms with E-state index in [2.05, 4.69) is 11.1 Å². The molecule has 25 heavy (non-hydrogen) atoms. The predicted octanol–water partition coefficient (Wildman–Crippen LogP) is 2.85. The Balaban J connectivity index is 1.61. The van der Waals surface area contributed by atoms with Gasteiger partial charge in [-0.05, 0) is 48.7 Å². The quantitative estimate of drug-likeness (QED) is 0.861. The van der Waals surface area contributed by atoms with Crippen LogP contribution in [0.5, 0.6) is 11.5 Å². The van der Waals surface area contributed by atoms with Gasteiger partial charge in [0.25, 0.3) is 5.91 Å². The van der Waals surface area contributed by atoms with Crippen LogP contribution < -0.4 is 14.4 Å². The van der Waals surface area contributed by atoms with Gasteiger partial charge in [0.2, 0.25) is 6.79 Å². The van der Waals surface area contributed by atoms with E-state index in [4.69, 9.17) is 9.47 Å². The summed E-state index contributed by atoms with van der Waals surface area (Å²) in [4.78, 5) is 21.3. The van der Waals surface area contributed by atoms with Crippen molar-refractivity contribution in [3.05, 3.63) is 47.7 Å². The number of amides is 1. The molecule has 6 nitrogen and oxygen atoms in total. The lowest BCUT2D eigenvalue weighted by atomic mass is 10.0. The Bertz CT molecular complexity index is 806. The van der Waals surface area contributed by atoms with Gasteiger partial charge < -0.3 is 19.3 Å². The molecule has 130 valence electrons. The SMILES string of the molecule is CN(C)c1cc([C@@H]2CCCN2C(=O)c2ccc3c(c2)OCO3)ccn1. The molecule has 1 aromatic heterocycles. The van der Waals surface area contributed by atoms with Crippen molar-refractivity contribution in [1.82, 2.24) is 9.88 Å². The van der Waals surface area contributed by atoms with Crippen LogP contribution >= 0.6 is 0 Å². The molecule has 0 aliphatic carbocycles. The first-order chi connectivity index (χ1) is 12.1. The molecular weight excluding hydrogens is 318 g/mol. The second-order valence-corrected chi connectivity index (χ2v) is 6.57. The summed E-state index contributed by atoms with van der Waals surface area (Å²) in [5.41, 5.74) is 1.77. The molecule has 1 atom stereocenters. The molecule has 4 rings (SSSR count). The number of anilines is 1. The van der Waals surface area contributed by atoms with Crippen LogP contribution in [0.15, 0.2) is 36.5 Å². The van der Waals surface area contributed by atoms with Crippen LogP contribution in [0.3, 0.4) is 0 Å². The zero-order valence-electron chi connectivity index (χ0n) is 14.4. The molecule has 0 bridgehead atoms. The first-order valence-electron chi connectivity index (χ1n) is 8.47. The van der Waals surface area contributed by atoms with E-state index in [0.717, 1.165) is 30.8 Å². The fourth-order valence-corrected chi connectivity index (χ4v) is 3.44. The van der Waals surface area contributed by atoms with Crippen molar-refractivity contribution in [2.24, 2.45) is 0 Å². The normalized spacial score (nSPS) is 18.5. The van der Waals surface area contributed by atoms with E-state index in [-0.39, 0.29) is 18.7 Å². The highest BCUT2D eigenvalue weighted by atomic mass is 16.7. The van der Waals surface area contributed by atoms with E-state index in [9.17, 15) is 4.79 Å². The summed E-state index contributed by atoms with van der Waals surface area (Å²) in [6.07, 6.45) is 3.78. The van der Waals surface area contributed by atoms with Crippen LogP contribution in [0.4, 0.5) is 5.82 Å². The third-order valence-electron chi connectivity index (χ3n) is 4.75. The van der Waals surface area contributed by atoms with Crippen LogP contribution in [0.1, 0.15) is 34.8 Å². The van der Waals surface area contributed by atoms with E-state index < -0.39 is 0 Å². The molecule has 2 aliphatic rings. The maximum atomic E-state index is 13.1. The van der Waals surface area contributed by atoms with Crippen LogP contribution in [0.2, 0.25) is 0 Å².